The number of thioether (sulfide) groups is 1. The normalized spacial score (nSPS) is 16.5. The lowest BCUT2D eigenvalue weighted by Crippen LogP contribution is -2.13. The summed E-state index contributed by atoms with van der Waals surface area (Å²) in [5, 5.41) is 4.34. The number of aryl methyl sites for hydroxylation is 1. The van der Waals surface area contributed by atoms with Crippen LogP contribution in [0, 0.1) is 0 Å². The van der Waals surface area contributed by atoms with Gasteiger partial charge in [-0.05, 0) is 24.7 Å². The first-order valence-corrected chi connectivity index (χ1v) is 6.43. The first-order chi connectivity index (χ1) is 7.31. The number of nitrogens with one attached hydrogen (secondary N) is 1. The van der Waals surface area contributed by atoms with Crippen LogP contribution in [-0.2, 0) is 6.42 Å². The van der Waals surface area contributed by atoms with Crippen LogP contribution in [-0.4, -0.2) is 16.3 Å². The van der Waals surface area contributed by atoms with E-state index in [0.717, 1.165) is 18.6 Å². The Morgan fingerprint density at radius 3 is 3.00 bits per heavy atom. The van der Waals surface area contributed by atoms with Gasteiger partial charge in [-0.1, -0.05) is 48.2 Å². The van der Waals surface area contributed by atoms with Crippen LogP contribution in [0.2, 0.25) is 0 Å². The van der Waals surface area contributed by atoms with E-state index in [1.165, 1.54) is 22.9 Å². The monoisotopic (exact) mass is 236 g/mol. The van der Waals surface area contributed by atoms with E-state index in [-0.39, 0.29) is 0 Å². The summed E-state index contributed by atoms with van der Waals surface area (Å²) in [7, 11) is 0. The minimum Gasteiger partial charge on any atom is -0.262 e. The van der Waals surface area contributed by atoms with Gasteiger partial charge in [-0.2, -0.15) is 5.10 Å². The molecule has 0 fully saturated rings. The smallest absolute Gasteiger partial charge is 0.153 e. The summed E-state index contributed by atoms with van der Waals surface area (Å²) >= 11 is 6.54. The van der Waals surface area contributed by atoms with Crippen molar-refractivity contribution in [3.8, 4) is 0 Å². The van der Waals surface area contributed by atoms with Crippen molar-refractivity contribution in [1.29, 1.82) is 0 Å². The van der Waals surface area contributed by atoms with Gasteiger partial charge in [0.2, 0.25) is 0 Å². The highest BCUT2D eigenvalue weighted by Gasteiger charge is 2.16. The molecule has 0 saturated carbocycles. The summed E-state index contributed by atoms with van der Waals surface area (Å²) in [6, 6.07) is 8.39. The van der Waals surface area contributed by atoms with Crippen molar-refractivity contribution in [1.82, 2.24) is 5.43 Å². The van der Waals surface area contributed by atoms with Gasteiger partial charge in [-0.25, -0.2) is 0 Å². The maximum Gasteiger partial charge on any atom is 0.153 e. The molecule has 0 radical (unpaired) electrons. The number of hydrogen-bond acceptors (Lipinski definition) is 3. The van der Waals surface area contributed by atoms with Gasteiger partial charge >= 0.3 is 0 Å². The van der Waals surface area contributed by atoms with E-state index in [9.17, 15) is 0 Å². The van der Waals surface area contributed by atoms with Gasteiger partial charge in [0, 0.05) is 5.56 Å². The molecule has 0 spiro atoms. The Kier molecular flexibility index (Phi) is 3.38. The van der Waals surface area contributed by atoms with Gasteiger partial charge in [0.1, 0.15) is 0 Å². The highest BCUT2D eigenvalue weighted by atomic mass is 32.2. The molecule has 0 amide bonds. The van der Waals surface area contributed by atoms with Gasteiger partial charge in [0.05, 0.1) is 5.71 Å². The minimum atomic E-state index is 0.715. The van der Waals surface area contributed by atoms with E-state index in [1.54, 1.807) is 0 Å². The summed E-state index contributed by atoms with van der Waals surface area (Å²) in [5.41, 5.74) is 6.65. The first kappa shape index (κ1) is 10.6. The molecule has 1 aliphatic carbocycles. The molecule has 0 aromatic heterocycles. The molecule has 1 aromatic carbocycles. The molecule has 0 atom stereocenters. The van der Waals surface area contributed by atoms with Crippen LogP contribution in [0.5, 0.6) is 0 Å². The summed E-state index contributed by atoms with van der Waals surface area (Å²) < 4.78 is 0.715. The van der Waals surface area contributed by atoms with E-state index < -0.39 is 0 Å². The van der Waals surface area contributed by atoms with Crippen molar-refractivity contribution < 1.29 is 0 Å². The second-order valence-corrected chi connectivity index (χ2v) is 4.80. The number of thiocarbonyl (C=S) groups is 1. The molecule has 0 saturated heterocycles. The minimum absolute atomic E-state index is 0.715. The zero-order chi connectivity index (χ0) is 10.7. The molecule has 0 aliphatic heterocycles. The predicted octanol–water partition coefficient (Wildman–Crippen LogP) is 2.57. The molecule has 0 unspecified atom stereocenters. The predicted molar refractivity (Wildman–Crippen MR) is 70.5 cm³/mol. The zero-order valence-corrected chi connectivity index (χ0v) is 10.1. The second kappa shape index (κ2) is 4.77. The van der Waals surface area contributed by atoms with Crippen molar-refractivity contribution in [2.75, 3.05) is 6.26 Å². The van der Waals surface area contributed by atoms with Gasteiger partial charge in [-0.15, -0.1) is 0 Å². The van der Waals surface area contributed by atoms with Crippen LogP contribution >= 0.6 is 24.0 Å². The van der Waals surface area contributed by atoms with Crippen LogP contribution in [0.15, 0.2) is 29.4 Å². The molecule has 4 heteroatoms. The molecule has 78 valence electrons. The quantitative estimate of drug-likeness (QED) is 0.599. The SMILES string of the molecule is CSC(=S)N/N=C1/CCc2ccccc21. The standard InChI is InChI=1S/C11H12N2S2/c1-15-11(14)13-12-10-7-6-8-4-2-3-5-9(8)10/h2-5H,6-7H2,1H3,(H,13,14)/b12-10-. The van der Waals surface area contributed by atoms with E-state index in [1.807, 2.05) is 12.3 Å². The first-order valence-electron chi connectivity index (χ1n) is 4.80. The van der Waals surface area contributed by atoms with Crippen LogP contribution < -0.4 is 5.43 Å². The fourth-order valence-corrected chi connectivity index (χ4v) is 1.87. The fourth-order valence-electron chi connectivity index (χ4n) is 1.68. The lowest BCUT2D eigenvalue weighted by Gasteiger charge is -2.01. The number of fused-ring (bicyclic) bond motifs is 1. The van der Waals surface area contributed by atoms with Gasteiger partial charge in [0.15, 0.2) is 4.32 Å². The number of nitrogens with zero attached hydrogens (tertiary/aromatic N) is 1. The van der Waals surface area contributed by atoms with Gasteiger partial charge < -0.3 is 0 Å². The van der Waals surface area contributed by atoms with Crippen molar-refractivity contribution in [3.63, 3.8) is 0 Å². The van der Waals surface area contributed by atoms with E-state index in [4.69, 9.17) is 12.2 Å². The van der Waals surface area contributed by atoms with Crippen molar-refractivity contribution in [3.05, 3.63) is 35.4 Å². The summed E-state index contributed by atoms with van der Waals surface area (Å²) in [6.07, 6.45) is 4.03. The lowest BCUT2D eigenvalue weighted by atomic mass is 10.1. The molecular weight excluding hydrogens is 224 g/mol. The molecule has 1 aromatic rings. The third kappa shape index (κ3) is 2.38. The molecule has 15 heavy (non-hydrogen) atoms. The molecule has 2 rings (SSSR count). The highest BCUT2D eigenvalue weighted by molar-refractivity contribution is 8.22. The average molecular weight is 236 g/mol. The molecule has 1 N–H and O–H groups in total. The molecule has 2 nitrogen and oxygen atoms in total. The van der Waals surface area contributed by atoms with Crippen LogP contribution in [0.1, 0.15) is 17.5 Å². The van der Waals surface area contributed by atoms with Gasteiger partial charge in [0.25, 0.3) is 0 Å². The number of rotatable bonds is 1. The Balaban J connectivity index is 2.17. The number of hydrazone groups is 1. The Morgan fingerprint density at radius 1 is 1.40 bits per heavy atom. The molecule has 0 bridgehead atoms. The summed E-state index contributed by atoms with van der Waals surface area (Å²) in [6.45, 7) is 0. The fraction of sp³-hybridized carbons (Fsp3) is 0.273. The maximum absolute atomic E-state index is 5.03. The van der Waals surface area contributed by atoms with E-state index in [2.05, 4.69) is 28.7 Å². The summed E-state index contributed by atoms with van der Waals surface area (Å²) in [5.74, 6) is 0. The summed E-state index contributed by atoms with van der Waals surface area (Å²) in [4.78, 5) is 0. The third-order valence-corrected chi connectivity index (χ3v) is 3.48. The highest BCUT2D eigenvalue weighted by Crippen LogP contribution is 2.21. The Labute approximate surface area is 99.1 Å². The number of benzene rings is 1. The maximum atomic E-state index is 5.03. The van der Waals surface area contributed by atoms with Crippen LogP contribution in [0.3, 0.4) is 0 Å². The van der Waals surface area contributed by atoms with Crippen LogP contribution in [0.25, 0.3) is 0 Å². The zero-order valence-electron chi connectivity index (χ0n) is 8.49. The third-order valence-electron chi connectivity index (χ3n) is 2.43. The lowest BCUT2D eigenvalue weighted by molar-refractivity contribution is 1.03. The topological polar surface area (TPSA) is 24.4 Å². The Bertz CT molecular complexity index is 413. The second-order valence-electron chi connectivity index (χ2n) is 3.32. The molecular formula is C11H12N2S2. The Morgan fingerprint density at radius 2 is 2.20 bits per heavy atom. The molecule has 1 aliphatic rings. The molecule has 0 heterocycles. The van der Waals surface area contributed by atoms with Crippen molar-refractivity contribution in [2.24, 2.45) is 5.10 Å². The van der Waals surface area contributed by atoms with Crippen LogP contribution in [0.4, 0.5) is 0 Å². The van der Waals surface area contributed by atoms with Crippen molar-refractivity contribution >= 4 is 34.0 Å². The van der Waals surface area contributed by atoms with E-state index >= 15 is 0 Å². The Hall–Kier alpha value is -0.870. The van der Waals surface area contributed by atoms with Crippen molar-refractivity contribution in [2.45, 2.75) is 12.8 Å². The number of hydrogen-bond donors (Lipinski definition) is 1. The van der Waals surface area contributed by atoms with E-state index in [0.29, 0.717) is 4.32 Å². The largest absolute Gasteiger partial charge is 0.262 e. The average Bonchev–Trinajstić information content (AvgIpc) is 2.69. The van der Waals surface area contributed by atoms with Gasteiger partial charge in [-0.3, -0.25) is 5.43 Å².